The Labute approximate surface area is 248 Å². The third kappa shape index (κ3) is 5.58. The lowest BCUT2D eigenvalue weighted by Gasteiger charge is -2.32. The van der Waals surface area contributed by atoms with Gasteiger partial charge in [-0.05, 0) is 48.3 Å². The maximum atomic E-state index is 14.8. The van der Waals surface area contributed by atoms with Gasteiger partial charge in [0.1, 0.15) is 18.3 Å². The van der Waals surface area contributed by atoms with Gasteiger partial charge in [-0.1, -0.05) is 43.3 Å². The monoisotopic (exact) mass is 657 g/mol. The number of nitrogens with zero attached hydrogens (tertiary/aromatic N) is 1. The van der Waals surface area contributed by atoms with Crippen molar-refractivity contribution < 1.29 is 45.7 Å². The number of hydrogen-bond donors (Lipinski definition) is 0. The van der Waals surface area contributed by atoms with Crippen molar-refractivity contribution in [1.82, 2.24) is 4.98 Å². The number of ether oxygens (including phenoxy) is 4. The fourth-order valence-electron chi connectivity index (χ4n) is 5.22. The molecule has 0 radical (unpaired) electrons. The summed E-state index contributed by atoms with van der Waals surface area (Å²) in [5.41, 5.74) is -1.92. The summed E-state index contributed by atoms with van der Waals surface area (Å²) in [5.74, 6) is -6.36. The van der Waals surface area contributed by atoms with Crippen LogP contribution in [-0.2, 0) is 16.1 Å². The molecular formula is C30H29BrF5NO5. The summed E-state index contributed by atoms with van der Waals surface area (Å²) in [4.78, 5) is 17.5. The van der Waals surface area contributed by atoms with E-state index in [-0.39, 0.29) is 46.0 Å². The minimum atomic E-state index is -4.84. The number of halogens is 6. The fraction of sp³-hybridized carbons (Fsp3) is 0.400. The molecule has 42 heavy (non-hydrogen) atoms. The highest BCUT2D eigenvalue weighted by Gasteiger charge is 2.65. The molecule has 1 aromatic heterocycles. The standard InChI is InChI=1S/C30H29BrF5NO5/c1-6-40-28(38)21-16(3)37-24(22(31)26(21)41-14-17-10-8-7-9-11-17)27-20(15(2)29(4,42-27)30(34,35)36)18-12-13-19(32)23(33)25(18)39-5/h7-13,15,20,27H,6,14H2,1-5H3/t15-,20-,27+,29+/m0/s1. The van der Waals surface area contributed by atoms with E-state index in [1.54, 1.807) is 31.2 Å². The molecule has 1 saturated heterocycles. The summed E-state index contributed by atoms with van der Waals surface area (Å²) >= 11 is 3.42. The van der Waals surface area contributed by atoms with Gasteiger partial charge in [0, 0.05) is 17.4 Å². The van der Waals surface area contributed by atoms with Crippen LogP contribution >= 0.6 is 15.9 Å². The van der Waals surface area contributed by atoms with Crippen molar-refractivity contribution in [3.05, 3.63) is 86.6 Å². The number of carbonyl (C=O) groups is 1. The van der Waals surface area contributed by atoms with E-state index >= 15 is 0 Å². The molecule has 0 N–H and O–H groups in total. The molecule has 0 unspecified atom stereocenters. The molecule has 0 aliphatic carbocycles. The van der Waals surface area contributed by atoms with E-state index < -0.39 is 53.1 Å². The van der Waals surface area contributed by atoms with Crippen LogP contribution in [0.3, 0.4) is 0 Å². The highest BCUT2D eigenvalue weighted by atomic mass is 79.9. The topological polar surface area (TPSA) is 66.9 Å². The Kier molecular flexibility index (Phi) is 9.17. The predicted molar refractivity (Wildman–Crippen MR) is 147 cm³/mol. The van der Waals surface area contributed by atoms with E-state index in [9.17, 15) is 26.7 Å². The lowest BCUT2D eigenvalue weighted by Crippen LogP contribution is -2.46. The van der Waals surface area contributed by atoms with Gasteiger partial charge in [0.05, 0.1) is 29.6 Å². The van der Waals surface area contributed by atoms with Crippen molar-refractivity contribution in [3.63, 3.8) is 0 Å². The van der Waals surface area contributed by atoms with E-state index in [4.69, 9.17) is 18.9 Å². The molecule has 12 heteroatoms. The van der Waals surface area contributed by atoms with E-state index in [0.717, 1.165) is 25.7 Å². The zero-order chi connectivity index (χ0) is 31.0. The Morgan fingerprint density at radius 3 is 2.38 bits per heavy atom. The number of carbonyl (C=O) groups excluding carboxylic acids is 1. The van der Waals surface area contributed by atoms with Crippen LogP contribution in [0.1, 0.15) is 65.7 Å². The molecule has 0 spiro atoms. The second-order valence-electron chi connectivity index (χ2n) is 10.0. The Hall–Kier alpha value is -3.25. The van der Waals surface area contributed by atoms with Crippen molar-refractivity contribution in [3.8, 4) is 11.5 Å². The van der Waals surface area contributed by atoms with Gasteiger partial charge < -0.3 is 18.9 Å². The lowest BCUT2D eigenvalue weighted by atomic mass is 9.76. The van der Waals surface area contributed by atoms with E-state index in [1.165, 1.54) is 19.9 Å². The number of benzene rings is 2. The van der Waals surface area contributed by atoms with Crippen LogP contribution in [0.2, 0.25) is 0 Å². The highest BCUT2D eigenvalue weighted by Crippen LogP contribution is 2.60. The van der Waals surface area contributed by atoms with Crippen LogP contribution in [0.5, 0.6) is 11.5 Å². The van der Waals surface area contributed by atoms with Gasteiger partial charge in [0.2, 0.25) is 5.82 Å². The summed E-state index contributed by atoms with van der Waals surface area (Å²) in [6.07, 6.45) is -6.29. The average molecular weight is 658 g/mol. The molecule has 2 aromatic carbocycles. The largest absolute Gasteiger partial charge is 0.493 e. The Morgan fingerprint density at radius 2 is 1.79 bits per heavy atom. The molecule has 0 amide bonds. The quantitative estimate of drug-likeness (QED) is 0.181. The second-order valence-corrected chi connectivity index (χ2v) is 10.8. The molecular weight excluding hydrogens is 629 g/mol. The zero-order valence-corrected chi connectivity index (χ0v) is 25.0. The predicted octanol–water partition coefficient (Wildman–Crippen LogP) is 8.01. The van der Waals surface area contributed by atoms with E-state index in [0.29, 0.717) is 0 Å². The summed E-state index contributed by atoms with van der Waals surface area (Å²) in [6.45, 7) is 5.40. The fourth-order valence-corrected chi connectivity index (χ4v) is 5.85. The van der Waals surface area contributed by atoms with Crippen LogP contribution in [0, 0.1) is 24.5 Å². The van der Waals surface area contributed by atoms with Crippen molar-refractivity contribution in [1.29, 1.82) is 0 Å². The number of aromatic nitrogens is 1. The summed E-state index contributed by atoms with van der Waals surface area (Å²) < 4.78 is 94.7. The zero-order valence-electron chi connectivity index (χ0n) is 23.4. The smallest absolute Gasteiger partial charge is 0.417 e. The van der Waals surface area contributed by atoms with Gasteiger partial charge in [0.15, 0.2) is 22.9 Å². The van der Waals surface area contributed by atoms with Crippen LogP contribution in [0.25, 0.3) is 0 Å². The van der Waals surface area contributed by atoms with Gasteiger partial charge in [-0.15, -0.1) is 0 Å². The molecule has 1 aliphatic rings. The third-order valence-corrected chi connectivity index (χ3v) is 8.35. The molecule has 1 fully saturated rings. The molecule has 0 bridgehead atoms. The van der Waals surface area contributed by atoms with Crippen LogP contribution in [0.4, 0.5) is 22.0 Å². The first-order valence-corrected chi connectivity index (χ1v) is 13.9. The SMILES string of the molecule is CCOC(=O)c1c(C)nc([C@@H]2O[C@@](C)(C(F)(F)F)[C@@H](C)[C@H]2c2ccc(F)c(F)c2OC)c(Br)c1OCc1ccccc1. The number of aryl methyl sites for hydroxylation is 1. The van der Waals surface area contributed by atoms with Gasteiger partial charge in [-0.2, -0.15) is 17.6 Å². The maximum absolute atomic E-state index is 14.8. The van der Waals surface area contributed by atoms with Crippen molar-refractivity contribution in [2.75, 3.05) is 13.7 Å². The minimum Gasteiger partial charge on any atom is -0.493 e. The minimum absolute atomic E-state index is 0.00679. The third-order valence-electron chi connectivity index (χ3n) is 7.59. The Balaban J connectivity index is 1.94. The van der Waals surface area contributed by atoms with E-state index in [1.807, 2.05) is 6.07 Å². The normalized spacial score (nSPS) is 22.2. The first-order valence-electron chi connectivity index (χ1n) is 13.1. The average Bonchev–Trinajstić information content (AvgIpc) is 3.22. The molecule has 226 valence electrons. The highest BCUT2D eigenvalue weighted by molar-refractivity contribution is 9.10. The van der Waals surface area contributed by atoms with Gasteiger partial charge in [-0.25, -0.2) is 9.18 Å². The van der Waals surface area contributed by atoms with E-state index in [2.05, 4.69) is 20.9 Å². The number of esters is 1. The molecule has 4 rings (SSSR count). The van der Waals surface area contributed by atoms with Crippen LogP contribution in [-0.4, -0.2) is 36.4 Å². The first kappa shape index (κ1) is 31.7. The number of pyridine rings is 1. The Morgan fingerprint density at radius 1 is 1.12 bits per heavy atom. The van der Waals surface area contributed by atoms with Gasteiger partial charge >= 0.3 is 12.1 Å². The number of hydrogen-bond acceptors (Lipinski definition) is 6. The molecule has 3 aromatic rings. The van der Waals surface area contributed by atoms with Gasteiger partial charge in [-0.3, -0.25) is 4.98 Å². The van der Waals surface area contributed by atoms with Crippen LogP contribution < -0.4 is 9.47 Å². The van der Waals surface area contributed by atoms with Crippen molar-refractivity contribution in [2.45, 2.75) is 58.1 Å². The van der Waals surface area contributed by atoms with Gasteiger partial charge in [0.25, 0.3) is 0 Å². The van der Waals surface area contributed by atoms with Crippen LogP contribution in [0.15, 0.2) is 46.9 Å². The van der Waals surface area contributed by atoms with Crippen molar-refractivity contribution in [2.24, 2.45) is 5.92 Å². The van der Waals surface area contributed by atoms with Crippen molar-refractivity contribution >= 4 is 21.9 Å². The molecule has 0 saturated carbocycles. The summed E-state index contributed by atoms with van der Waals surface area (Å²) in [6, 6.07) is 11.0. The lowest BCUT2D eigenvalue weighted by molar-refractivity contribution is -0.275. The Bertz CT molecular complexity index is 1470. The molecule has 4 atom stereocenters. The first-order chi connectivity index (χ1) is 19.8. The second kappa shape index (κ2) is 12.2. The molecule has 1 aliphatic heterocycles. The number of rotatable bonds is 8. The number of alkyl halides is 3. The summed E-state index contributed by atoms with van der Waals surface area (Å²) in [5, 5.41) is 0. The maximum Gasteiger partial charge on any atom is 0.417 e. The molecule has 6 nitrogen and oxygen atoms in total. The molecule has 2 heterocycles. The number of methoxy groups -OCH3 is 1. The summed E-state index contributed by atoms with van der Waals surface area (Å²) in [7, 11) is 1.10.